The van der Waals surface area contributed by atoms with E-state index in [2.05, 4.69) is 79.7 Å². The van der Waals surface area contributed by atoms with Crippen molar-refractivity contribution in [2.75, 3.05) is 0 Å². The summed E-state index contributed by atoms with van der Waals surface area (Å²) in [6, 6.07) is 10.9. The number of nitrogens with zero attached hydrogens (tertiary/aromatic N) is 1. The standard InChI is InChI=1S/C19H34N/c1-14(2)19-12-10-9-11-18(19)13-20(15(3)4,16(5)6)17(7)8/h9-12,14-17H,13H2,1-8H3/q+1. The van der Waals surface area contributed by atoms with Crippen molar-refractivity contribution in [3.05, 3.63) is 35.4 Å². The molecule has 0 aliphatic heterocycles. The van der Waals surface area contributed by atoms with Gasteiger partial charge in [-0.15, -0.1) is 0 Å². The van der Waals surface area contributed by atoms with Gasteiger partial charge < -0.3 is 4.48 Å². The van der Waals surface area contributed by atoms with Crippen LogP contribution >= 0.6 is 0 Å². The summed E-state index contributed by atoms with van der Waals surface area (Å²) in [5.74, 6) is 0.597. The summed E-state index contributed by atoms with van der Waals surface area (Å²) in [5, 5.41) is 0. The fourth-order valence-corrected chi connectivity index (χ4v) is 3.87. The first-order valence-electron chi connectivity index (χ1n) is 8.18. The van der Waals surface area contributed by atoms with Gasteiger partial charge in [0.15, 0.2) is 0 Å². The van der Waals surface area contributed by atoms with Gasteiger partial charge in [-0.2, -0.15) is 0 Å². The van der Waals surface area contributed by atoms with Crippen LogP contribution in [0.15, 0.2) is 24.3 Å². The average Bonchev–Trinajstić information content (AvgIpc) is 2.34. The highest BCUT2D eigenvalue weighted by molar-refractivity contribution is 5.29. The Balaban J connectivity index is 3.27. The highest BCUT2D eigenvalue weighted by atomic mass is 15.4. The van der Waals surface area contributed by atoms with Gasteiger partial charge in [-0.05, 0) is 53.0 Å². The van der Waals surface area contributed by atoms with Crippen molar-refractivity contribution in [2.24, 2.45) is 0 Å². The van der Waals surface area contributed by atoms with Gasteiger partial charge in [0.05, 0.1) is 18.1 Å². The predicted molar refractivity (Wildman–Crippen MR) is 89.9 cm³/mol. The van der Waals surface area contributed by atoms with Crippen LogP contribution in [0.4, 0.5) is 0 Å². The van der Waals surface area contributed by atoms with E-state index in [1.165, 1.54) is 11.1 Å². The quantitative estimate of drug-likeness (QED) is 0.614. The summed E-state index contributed by atoms with van der Waals surface area (Å²) in [6.45, 7) is 20.0. The highest BCUT2D eigenvalue weighted by Crippen LogP contribution is 2.31. The highest BCUT2D eigenvalue weighted by Gasteiger charge is 2.38. The Morgan fingerprint density at radius 3 is 1.60 bits per heavy atom. The van der Waals surface area contributed by atoms with E-state index in [9.17, 15) is 0 Å². The van der Waals surface area contributed by atoms with Crippen molar-refractivity contribution in [1.29, 1.82) is 0 Å². The average molecular weight is 276 g/mol. The third-order valence-electron chi connectivity index (χ3n) is 5.01. The van der Waals surface area contributed by atoms with E-state index in [1.807, 2.05) is 0 Å². The summed E-state index contributed by atoms with van der Waals surface area (Å²) < 4.78 is 1.16. The van der Waals surface area contributed by atoms with Crippen LogP contribution in [-0.4, -0.2) is 22.6 Å². The van der Waals surface area contributed by atoms with Crippen molar-refractivity contribution >= 4 is 0 Å². The molecule has 0 heterocycles. The second-order valence-corrected chi connectivity index (χ2v) is 7.29. The Hall–Kier alpha value is -0.820. The lowest BCUT2D eigenvalue weighted by Gasteiger charge is -2.50. The monoisotopic (exact) mass is 276 g/mol. The van der Waals surface area contributed by atoms with E-state index in [0.29, 0.717) is 24.0 Å². The lowest BCUT2D eigenvalue weighted by atomic mass is 9.94. The maximum absolute atomic E-state index is 2.37. The molecule has 0 radical (unpaired) electrons. The molecule has 1 rings (SSSR count). The molecule has 1 heteroatoms. The molecule has 0 aliphatic rings. The van der Waals surface area contributed by atoms with Crippen molar-refractivity contribution < 1.29 is 4.48 Å². The lowest BCUT2D eigenvalue weighted by molar-refractivity contribution is -0.997. The SMILES string of the molecule is CC(C)c1ccccc1C[N+](C(C)C)(C(C)C)C(C)C. The van der Waals surface area contributed by atoms with Crippen molar-refractivity contribution in [2.45, 2.75) is 86.0 Å². The van der Waals surface area contributed by atoms with E-state index in [0.717, 1.165) is 11.0 Å². The van der Waals surface area contributed by atoms with Crippen LogP contribution in [0.2, 0.25) is 0 Å². The van der Waals surface area contributed by atoms with Crippen LogP contribution in [0.5, 0.6) is 0 Å². The summed E-state index contributed by atoms with van der Waals surface area (Å²) in [7, 11) is 0. The Labute approximate surface area is 126 Å². The Kier molecular flexibility index (Phi) is 5.82. The Morgan fingerprint density at radius 1 is 0.750 bits per heavy atom. The first kappa shape index (κ1) is 17.2. The molecule has 0 amide bonds. The van der Waals surface area contributed by atoms with Crippen molar-refractivity contribution in [3.63, 3.8) is 0 Å². The third-order valence-corrected chi connectivity index (χ3v) is 5.01. The topological polar surface area (TPSA) is 0 Å². The minimum Gasteiger partial charge on any atom is -0.314 e. The number of quaternary nitrogens is 1. The van der Waals surface area contributed by atoms with Crippen LogP contribution < -0.4 is 0 Å². The van der Waals surface area contributed by atoms with E-state index >= 15 is 0 Å². The summed E-state index contributed by atoms with van der Waals surface area (Å²) in [4.78, 5) is 0. The molecule has 0 atom stereocenters. The molecular weight excluding hydrogens is 242 g/mol. The molecule has 1 nitrogen and oxygen atoms in total. The second kappa shape index (κ2) is 6.76. The maximum atomic E-state index is 2.37. The van der Waals surface area contributed by atoms with Crippen LogP contribution in [0, 0.1) is 0 Å². The van der Waals surface area contributed by atoms with Gasteiger partial charge in [0.1, 0.15) is 6.54 Å². The molecule has 114 valence electrons. The van der Waals surface area contributed by atoms with Crippen LogP contribution in [0.1, 0.15) is 72.4 Å². The van der Waals surface area contributed by atoms with Crippen molar-refractivity contribution in [1.82, 2.24) is 0 Å². The second-order valence-electron chi connectivity index (χ2n) is 7.29. The number of hydrogen-bond donors (Lipinski definition) is 0. The molecule has 0 N–H and O–H groups in total. The van der Waals surface area contributed by atoms with Gasteiger partial charge in [0, 0.05) is 5.56 Å². The van der Waals surface area contributed by atoms with Gasteiger partial charge in [-0.1, -0.05) is 38.1 Å². The minimum absolute atomic E-state index is 0.597. The molecule has 0 unspecified atom stereocenters. The normalized spacial score (nSPS) is 13.0. The summed E-state index contributed by atoms with van der Waals surface area (Å²) in [6.07, 6.45) is 0. The number of hydrogen-bond acceptors (Lipinski definition) is 0. The molecule has 1 aromatic rings. The van der Waals surface area contributed by atoms with Gasteiger partial charge in [-0.25, -0.2) is 0 Å². The van der Waals surface area contributed by atoms with Crippen LogP contribution in [-0.2, 0) is 6.54 Å². The van der Waals surface area contributed by atoms with Gasteiger partial charge in [-0.3, -0.25) is 0 Å². The molecule has 0 fully saturated rings. The zero-order chi connectivity index (χ0) is 15.5. The zero-order valence-corrected chi connectivity index (χ0v) is 14.8. The molecule has 0 aliphatic carbocycles. The van der Waals surface area contributed by atoms with Gasteiger partial charge in [0.2, 0.25) is 0 Å². The lowest BCUT2D eigenvalue weighted by Crippen LogP contribution is -2.61. The van der Waals surface area contributed by atoms with E-state index in [-0.39, 0.29) is 0 Å². The number of benzene rings is 1. The summed E-state index contributed by atoms with van der Waals surface area (Å²) in [5.41, 5.74) is 3.04. The molecule has 0 saturated carbocycles. The molecule has 0 aromatic heterocycles. The molecule has 0 saturated heterocycles. The molecular formula is C19H34N+. The smallest absolute Gasteiger partial charge is 0.105 e. The largest absolute Gasteiger partial charge is 0.314 e. The van der Waals surface area contributed by atoms with Crippen LogP contribution in [0.25, 0.3) is 0 Å². The number of rotatable bonds is 6. The van der Waals surface area contributed by atoms with E-state index in [1.54, 1.807) is 0 Å². The van der Waals surface area contributed by atoms with E-state index in [4.69, 9.17) is 0 Å². The Morgan fingerprint density at radius 2 is 1.20 bits per heavy atom. The third kappa shape index (κ3) is 3.25. The van der Waals surface area contributed by atoms with Gasteiger partial charge in [0.25, 0.3) is 0 Å². The molecule has 0 bridgehead atoms. The fraction of sp³-hybridized carbons (Fsp3) is 0.684. The first-order valence-corrected chi connectivity index (χ1v) is 8.18. The fourth-order valence-electron chi connectivity index (χ4n) is 3.87. The first-order chi connectivity index (χ1) is 9.23. The Bertz CT molecular complexity index is 394. The maximum Gasteiger partial charge on any atom is 0.105 e. The molecule has 0 spiro atoms. The molecule has 20 heavy (non-hydrogen) atoms. The summed E-state index contributed by atoms with van der Waals surface area (Å²) >= 11 is 0. The van der Waals surface area contributed by atoms with Gasteiger partial charge >= 0.3 is 0 Å². The zero-order valence-electron chi connectivity index (χ0n) is 14.8. The van der Waals surface area contributed by atoms with Crippen molar-refractivity contribution in [3.8, 4) is 0 Å². The minimum atomic E-state index is 0.597. The predicted octanol–water partition coefficient (Wildman–Crippen LogP) is 5.35. The van der Waals surface area contributed by atoms with Crippen LogP contribution in [0.3, 0.4) is 0 Å². The van der Waals surface area contributed by atoms with E-state index < -0.39 is 0 Å². The molecule has 1 aromatic carbocycles.